The van der Waals surface area contributed by atoms with Gasteiger partial charge in [0.05, 0.1) is 5.92 Å². The molecule has 0 bridgehead atoms. The van der Waals surface area contributed by atoms with E-state index in [2.05, 4.69) is 29.6 Å². The molecule has 24 heavy (non-hydrogen) atoms. The minimum atomic E-state index is -0.474. The number of carbonyl (C=O) groups is 1. The van der Waals surface area contributed by atoms with Crippen molar-refractivity contribution in [2.45, 2.75) is 31.3 Å². The Morgan fingerprint density at radius 1 is 0.917 bits per heavy atom. The summed E-state index contributed by atoms with van der Waals surface area (Å²) < 4.78 is 6.20. The van der Waals surface area contributed by atoms with Gasteiger partial charge in [0.15, 0.2) is 0 Å². The van der Waals surface area contributed by atoms with Crippen LogP contribution in [-0.4, -0.2) is 19.1 Å². The highest BCUT2D eigenvalue weighted by atomic mass is 16.6. The Hall–Kier alpha value is -2.13. The number of hydrogen-bond donors (Lipinski definition) is 1. The van der Waals surface area contributed by atoms with Crippen LogP contribution in [0, 0.1) is 5.92 Å². The lowest BCUT2D eigenvalue weighted by Crippen LogP contribution is -2.44. The maximum absolute atomic E-state index is 12.9. The Labute approximate surface area is 143 Å². The van der Waals surface area contributed by atoms with Gasteiger partial charge in [0.25, 0.3) is 0 Å². The fourth-order valence-corrected chi connectivity index (χ4v) is 4.02. The number of hydrogen-bond acceptors (Lipinski definition) is 3. The van der Waals surface area contributed by atoms with Gasteiger partial charge in [-0.1, -0.05) is 54.6 Å². The van der Waals surface area contributed by atoms with Gasteiger partial charge in [-0.15, -0.1) is 0 Å². The van der Waals surface area contributed by atoms with Crippen molar-refractivity contribution in [2.75, 3.05) is 13.1 Å². The van der Waals surface area contributed by atoms with Gasteiger partial charge in [-0.05, 0) is 42.6 Å². The quantitative estimate of drug-likeness (QED) is 0.882. The minimum Gasteiger partial charge on any atom is -0.454 e. The van der Waals surface area contributed by atoms with E-state index in [1.165, 1.54) is 11.1 Å². The molecule has 1 N–H and O–H groups in total. The van der Waals surface area contributed by atoms with Crippen molar-refractivity contribution in [3.63, 3.8) is 0 Å². The van der Waals surface area contributed by atoms with Crippen LogP contribution in [0.15, 0.2) is 54.6 Å². The van der Waals surface area contributed by atoms with Crippen LogP contribution in [0.25, 0.3) is 0 Å². The topological polar surface area (TPSA) is 38.3 Å². The molecule has 0 amide bonds. The van der Waals surface area contributed by atoms with Crippen LogP contribution >= 0.6 is 0 Å². The van der Waals surface area contributed by atoms with Crippen LogP contribution in [0.4, 0.5) is 0 Å². The molecule has 1 aliphatic heterocycles. The van der Waals surface area contributed by atoms with Crippen LogP contribution in [0.2, 0.25) is 0 Å². The van der Waals surface area contributed by atoms with Crippen LogP contribution in [0.1, 0.15) is 29.5 Å². The molecule has 2 aromatic rings. The van der Waals surface area contributed by atoms with Gasteiger partial charge in [-0.3, -0.25) is 4.79 Å². The number of benzene rings is 2. The Bertz CT molecular complexity index is 695. The molecular formula is C21H23NO2. The zero-order valence-corrected chi connectivity index (χ0v) is 13.8. The molecule has 0 saturated carbocycles. The van der Waals surface area contributed by atoms with Crippen LogP contribution in [0.3, 0.4) is 0 Å². The summed E-state index contributed by atoms with van der Waals surface area (Å²) >= 11 is 0. The third kappa shape index (κ3) is 2.84. The zero-order valence-electron chi connectivity index (χ0n) is 13.8. The number of fused-ring (bicyclic) bond motifs is 1. The summed E-state index contributed by atoms with van der Waals surface area (Å²) in [5.41, 5.74) is 3.23. The smallest absolute Gasteiger partial charge is 0.310 e. The maximum atomic E-state index is 12.9. The Morgan fingerprint density at radius 3 is 2.12 bits per heavy atom. The molecular weight excluding hydrogens is 298 g/mol. The number of esters is 1. The second kappa shape index (κ2) is 6.40. The fraction of sp³-hybridized carbons (Fsp3) is 0.381. The van der Waals surface area contributed by atoms with Gasteiger partial charge in [-0.25, -0.2) is 0 Å². The molecule has 1 heterocycles. The molecule has 1 aliphatic carbocycles. The summed E-state index contributed by atoms with van der Waals surface area (Å²) in [5, 5.41) is 3.37. The lowest BCUT2D eigenvalue weighted by Gasteiger charge is -2.38. The standard InChI is InChI=1S/C21H23NO2/c23-20(18-14-16-6-4-5-7-17(16)15-18)24-21(10-12-22-13-11-21)19-8-2-1-3-9-19/h1-9,18,22H,10-15H2. The van der Waals surface area contributed by atoms with Crippen molar-refractivity contribution < 1.29 is 9.53 Å². The minimum absolute atomic E-state index is 0.0436. The lowest BCUT2D eigenvalue weighted by atomic mass is 9.84. The molecule has 124 valence electrons. The van der Waals surface area contributed by atoms with E-state index in [1.54, 1.807) is 0 Å². The van der Waals surface area contributed by atoms with Crippen molar-refractivity contribution in [2.24, 2.45) is 5.92 Å². The van der Waals surface area contributed by atoms with Crippen molar-refractivity contribution in [3.05, 3.63) is 71.3 Å². The highest BCUT2D eigenvalue weighted by Crippen LogP contribution is 2.37. The van der Waals surface area contributed by atoms with Crippen LogP contribution in [-0.2, 0) is 28.0 Å². The highest BCUT2D eigenvalue weighted by Gasteiger charge is 2.40. The number of rotatable bonds is 3. The fourth-order valence-electron chi connectivity index (χ4n) is 4.02. The molecule has 3 nitrogen and oxygen atoms in total. The van der Waals surface area contributed by atoms with E-state index in [0.29, 0.717) is 0 Å². The monoisotopic (exact) mass is 321 g/mol. The molecule has 0 atom stereocenters. The number of piperidine rings is 1. The molecule has 2 aromatic carbocycles. The van der Waals surface area contributed by atoms with E-state index >= 15 is 0 Å². The SMILES string of the molecule is O=C(OC1(c2ccccc2)CCNCC1)C1Cc2ccccc2C1. The normalized spacial score (nSPS) is 19.7. The number of carbonyl (C=O) groups excluding carboxylic acids is 1. The average Bonchev–Trinajstić information content (AvgIpc) is 3.08. The molecule has 0 unspecified atom stereocenters. The summed E-state index contributed by atoms with van der Waals surface area (Å²) in [6.45, 7) is 1.76. The van der Waals surface area contributed by atoms with E-state index in [9.17, 15) is 4.79 Å². The Morgan fingerprint density at radius 2 is 1.50 bits per heavy atom. The molecule has 0 radical (unpaired) electrons. The molecule has 1 saturated heterocycles. The van der Waals surface area contributed by atoms with Gasteiger partial charge < -0.3 is 10.1 Å². The molecule has 3 heteroatoms. The van der Waals surface area contributed by atoms with E-state index in [-0.39, 0.29) is 11.9 Å². The molecule has 0 spiro atoms. The van der Waals surface area contributed by atoms with Gasteiger partial charge >= 0.3 is 5.97 Å². The van der Waals surface area contributed by atoms with E-state index in [0.717, 1.165) is 44.3 Å². The first-order valence-corrected chi connectivity index (χ1v) is 8.83. The van der Waals surface area contributed by atoms with Gasteiger partial charge in [-0.2, -0.15) is 0 Å². The molecule has 2 aliphatic rings. The van der Waals surface area contributed by atoms with E-state index in [4.69, 9.17) is 4.74 Å². The second-order valence-electron chi connectivity index (χ2n) is 6.91. The van der Waals surface area contributed by atoms with Gasteiger partial charge in [0, 0.05) is 12.8 Å². The first-order chi connectivity index (χ1) is 11.8. The van der Waals surface area contributed by atoms with Crippen molar-refractivity contribution >= 4 is 5.97 Å². The third-order valence-corrected chi connectivity index (χ3v) is 5.39. The third-order valence-electron chi connectivity index (χ3n) is 5.39. The largest absolute Gasteiger partial charge is 0.454 e. The maximum Gasteiger partial charge on any atom is 0.310 e. The van der Waals surface area contributed by atoms with E-state index < -0.39 is 5.60 Å². The Balaban J connectivity index is 1.54. The summed E-state index contributed by atoms with van der Waals surface area (Å²) in [5.74, 6) is -0.0881. The van der Waals surface area contributed by atoms with Gasteiger partial charge in [0.1, 0.15) is 5.60 Å². The molecule has 0 aromatic heterocycles. The number of nitrogens with one attached hydrogen (secondary N) is 1. The first-order valence-electron chi connectivity index (χ1n) is 8.83. The van der Waals surface area contributed by atoms with Crippen molar-refractivity contribution in [3.8, 4) is 0 Å². The first kappa shape index (κ1) is 15.4. The Kier molecular flexibility index (Phi) is 4.11. The molecule has 4 rings (SSSR count). The lowest BCUT2D eigenvalue weighted by molar-refractivity contribution is -0.169. The van der Waals surface area contributed by atoms with Crippen molar-refractivity contribution in [1.82, 2.24) is 5.32 Å². The average molecular weight is 321 g/mol. The van der Waals surface area contributed by atoms with E-state index in [1.807, 2.05) is 30.3 Å². The zero-order chi connectivity index (χ0) is 16.4. The highest BCUT2D eigenvalue weighted by molar-refractivity contribution is 5.75. The van der Waals surface area contributed by atoms with Crippen LogP contribution in [0.5, 0.6) is 0 Å². The van der Waals surface area contributed by atoms with Crippen LogP contribution < -0.4 is 5.32 Å². The summed E-state index contributed by atoms with van der Waals surface area (Å²) in [7, 11) is 0. The summed E-state index contributed by atoms with van der Waals surface area (Å²) in [6, 6.07) is 18.6. The van der Waals surface area contributed by atoms with Crippen molar-refractivity contribution in [1.29, 1.82) is 0 Å². The number of ether oxygens (including phenoxy) is 1. The van der Waals surface area contributed by atoms with Gasteiger partial charge in [0.2, 0.25) is 0 Å². The summed E-state index contributed by atoms with van der Waals surface area (Å²) in [6.07, 6.45) is 3.28. The summed E-state index contributed by atoms with van der Waals surface area (Å²) in [4.78, 5) is 12.9. The predicted octanol–water partition coefficient (Wildman–Crippen LogP) is 3.22. The molecule has 1 fully saturated rings. The predicted molar refractivity (Wildman–Crippen MR) is 93.7 cm³/mol. The second-order valence-corrected chi connectivity index (χ2v) is 6.91.